The standard InChI is InChI=1S/C48H30O/c1-2-12-32(13-3-1)38-22-11-23-44-48(38)43-29-28-35(30-45(43)49-44)47-41-19-8-6-17-39(41)46(40-18-7-9-20-42(40)47)34-26-24-33(25-27-34)37-21-10-15-31-14-4-5-16-36(31)37/h1-30H/i1D,2D,3D,4D,5D,6D,7D,8D,9D,10D,11D,12D,13D,14D,15D,16D,17D,18D,19D,20D,21D,22D,23D,24D,26D,27D,28D,29D,30D. The Morgan fingerprint density at radius 3 is 1.67 bits per heavy atom. The molecule has 10 aromatic rings. The number of rotatable bonds is 4. The second-order valence-corrected chi connectivity index (χ2v) is 10.6. The molecule has 0 radical (unpaired) electrons. The SMILES string of the molecule is [2H]c1cc(-c2c([2H])c([2H])c([2H])c3c([2H])c([2H])c([2H])c([2H])c23)c([2H])c([2H])c1-c1c2c([2H])c([2H])c([2H])c([2H])c2c(-c2c([2H])c([2H])c3c(oc4c([2H])c([2H])c([2H])c(-c5c([2H])c([2H])c([2H])c([2H])c5[2H])c43)c2[2H])c2c([2H])c([2H])c([2H])c([2H])c12. The van der Waals surface area contributed by atoms with Crippen molar-refractivity contribution in [2.75, 3.05) is 0 Å². The van der Waals surface area contributed by atoms with Crippen molar-refractivity contribution in [1.29, 1.82) is 0 Å². The fourth-order valence-corrected chi connectivity index (χ4v) is 5.89. The molecule has 49 heavy (non-hydrogen) atoms. The molecule has 10 rings (SSSR count). The van der Waals surface area contributed by atoms with Crippen LogP contribution in [0.4, 0.5) is 0 Å². The quantitative estimate of drug-likeness (QED) is 0.173. The molecule has 0 spiro atoms. The Balaban J connectivity index is 1.42. The van der Waals surface area contributed by atoms with Crippen LogP contribution < -0.4 is 0 Å². The van der Waals surface area contributed by atoms with Crippen LogP contribution in [0.25, 0.3) is 98.8 Å². The smallest absolute Gasteiger partial charge is 0.136 e. The first-order chi connectivity index (χ1) is 36.4. The van der Waals surface area contributed by atoms with Crippen molar-refractivity contribution in [3.8, 4) is 44.5 Å². The van der Waals surface area contributed by atoms with E-state index in [0.29, 0.717) is 0 Å². The van der Waals surface area contributed by atoms with Crippen LogP contribution in [0.1, 0.15) is 39.8 Å². The monoisotopic (exact) mass is 651 g/mol. The van der Waals surface area contributed by atoms with Crippen molar-refractivity contribution in [2.45, 2.75) is 0 Å². The van der Waals surface area contributed by atoms with Gasteiger partial charge in [-0.15, -0.1) is 0 Å². The van der Waals surface area contributed by atoms with Crippen molar-refractivity contribution >= 4 is 54.3 Å². The highest BCUT2D eigenvalue weighted by Crippen LogP contribution is 2.45. The third-order valence-electron chi connectivity index (χ3n) is 7.96. The topological polar surface area (TPSA) is 13.1 Å². The van der Waals surface area contributed by atoms with Crippen LogP contribution in [0.2, 0.25) is 0 Å². The molecule has 9 aromatic carbocycles. The first-order valence-electron chi connectivity index (χ1n) is 29.0. The van der Waals surface area contributed by atoms with Gasteiger partial charge in [-0.25, -0.2) is 0 Å². The van der Waals surface area contributed by atoms with E-state index in [1.807, 2.05) is 0 Å². The molecule has 0 amide bonds. The van der Waals surface area contributed by atoms with Gasteiger partial charge in [-0.3, -0.25) is 0 Å². The number of fused-ring (bicyclic) bond motifs is 6. The molecule has 0 saturated carbocycles. The summed E-state index contributed by atoms with van der Waals surface area (Å²) in [5.74, 6) is 0. The number of benzene rings is 9. The van der Waals surface area contributed by atoms with Gasteiger partial charge in [0.05, 0.1) is 39.8 Å². The Kier molecular flexibility index (Phi) is 2.56. The van der Waals surface area contributed by atoms with E-state index in [9.17, 15) is 13.7 Å². The highest BCUT2D eigenvalue weighted by Gasteiger charge is 2.19. The van der Waals surface area contributed by atoms with Crippen LogP contribution in [0, 0.1) is 0 Å². The highest BCUT2D eigenvalue weighted by atomic mass is 16.3. The third-order valence-corrected chi connectivity index (χ3v) is 7.96. The maximum Gasteiger partial charge on any atom is 0.136 e. The maximum atomic E-state index is 9.78. The minimum absolute atomic E-state index is 0.497. The van der Waals surface area contributed by atoms with Gasteiger partial charge in [-0.1, -0.05) is 163 Å². The Morgan fingerprint density at radius 1 is 0.347 bits per heavy atom. The van der Waals surface area contributed by atoms with E-state index in [1.165, 1.54) is 0 Å². The minimum atomic E-state index is -1.02. The average molecular weight is 652 g/mol. The molecule has 0 fully saturated rings. The van der Waals surface area contributed by atoms with E-state index in [1.54, 1.807) is 0 Å². The molecule has 1 aromatic heterocycles. The van der Waals surface area contributed by atoms with Crippen molar-refractivity contribution in [1.82, 2.24) is 0 Å². The normalized spacial score (nSPS) is 20.0. The van der Waals surface area contributed by atoms with Gasteiger partial charge in [0, 0.05) is 10.8 Å². The fraction of sp³-hybridized carbons (Fsp3) is 0. The van der Waals surface area contributed by atoms with Gasteiger partial charge in [0.15, 0.2) is 0 Å². The van der Waals surface area contributed by atoms with Crippen molar-refractivity contribution in [3.05, 3.63) is 181 Å². The predicted molar refractivity (Wildman–Crippen MR) is 208 cm³/mol. The summed E-state index contributed by atoms with van der Waals surface area (Å²) in [5, 5.41) is -4.94. The Hall–Kier alpha value is -6.44. The minimum Gasteiger partial charge on any atom is -0.456 e. The van der Waals surface area contributed by atoms with Crippen molar-refractivity contribution in [2.24, 2.45) is 0 Å². The van der Waals surface area contributed by atoms with Gasteiger partial charge < -0.3 is 4.42 Å². The molecule has 0 unspecified atom stereocenters. The number of hydrogen-bond acceptors (Lipinski definition) is 1. The summed E-state index contributed by atoms with van der Waals surface area (Å²) in [5.41, 5.74) is -6.66. The summed E-state index contributed by atoms with van der Waals surface area (Å²) in [4.78, 5) is 0. The molecule has 1 heteroatoms. The van der Waals surface area contributed by atoms with Crippen LogP contribution in [0.15, 0.2) is 186 Å². The van der Waals surface area contributed by atoms with Gasteiger partial charge in [0.25, 0.3) is 0 Å². The molecule has 0 N–H and O–H groups in total. The lowest BCUT2D eigenvalue weighted by molar-refractivity contribution is 0.669. The highest BCUT2D eigenvalue weighted by molar-refractivity contribution is 6.22. The van der Waals surface area contributed by atoms with Crippen LogP contribution in [0.5, 0.6) is 0 Å². The zero-order valence-electron chi connectivity index (χ0n) is 53.5. The Labute approximate surface area is 325 Å². The van der Waals surface area contributed by atoms with E-state index >= 15 is 0 Å². The van der Waals surface area contributed by atoms with Crippen LogP contribution >= 0.6 is 0 Å². The fourth-order valence-electron chi connectivity index (χ4n) is 5.89. The molecule has 0 aliphatic heterocycles. The summed E-state index contributed by atoms with van der Waals surface area (Å²) in [7, 11) is 0. The molecule has 0 bridgehead atoms. The second-order valence-electron chi connectivity index (χ2n) is 10.6. The lowest BCUT2D eigenvalue weighted by Gasteiger charge is -2.18. The van der Waals surface area contributed by atoms with Crippen molar-refractivity contribution in [3.63, 3.8) is 0 Å². The van der Waals surface area contributed by atoms with E-state index < -0.39 is 274 Å². The summed E-state index contributed by atoms with van der Waals surface area (Å²) < 4.78 is 266. The van der Waals surface area contributed by atoms with Gasteiger partial charge in [-0.05, 0) is 95.0 Å². The zero-order chi connectivity index (χ0) is 57.5. The Bertz CT molecular complexity index is 4420. The molecule has 0 atom stereocenters. The van der Waals surface area contributed by atoms with E-state index in [-0.39, 0.29) is 0 Å². The lowest BCUT2D eigenvalue weighted by Crippen LogP contribution is -1.91. The summed E-state index contributed by atoms with van der Waals surface area (Å²) >= 11 is 0. The average Bonchev–Trinajstić information content (AvgIpc) is 3.99. The molecular formula is C48H30O. The summed E-state index contributed by atoms with van der Waals surface area (Å²) in [6, 6.07) is -25.2. The van der Waals surface area contributed by atoms with Crippen molar-refractivity contribution < 1.29 is 44.2 Å². The first-order valence-corrected chi connectivity index (χ1v) is 14.5. The third kappa shape index (κ3) is 4.40. The second kappa shape index (κ2) is 11.1. The Morgan fingerprint density at radius 2 is 0.918 bits per heavy atom. The first kappa shape index (κ1) is 11.3. The zero-order valence-corrected chi connectivity index (χ0v) is 24.5. The van der Waals surface area contributed by atoms with Crippen LogP contribution in [-0.2, 0) is 0 Å². The summed E-state index contributed by atoms with van der Waals surface area (Å²) in [6.07, 6.45) is 0. The van der Waals surface area contributed by atoms with E-state index in [2.05, 4.69) is 0 Å². The molecule has 0 saturated heterocycles. The number of hydrogen-bond donors (Lipinski definition) is 0. The van der Waals surface area contributed by atoms with Crippen LogP contribution in [-0.4, -0.2) is 0 Å². The maximum absolute atomic E-state index is 9.78. The predicted octanol–water partition coefficient (Wildman–Crippen LogP) is 13.7. The van der Waals surface area contributed by atoms with Gasteiger partial charge in [-0.2, -0.15) is 0 Å². The van der Waals surface area contributed by atoms with Crippen LogP contribution in [0.3, 0.4) is 0 Å². The molecule has 1 nitrogen and oxygen atoms in total. The molecule has 228 valence electrons. The lowest BCUT2D eigenvalue weighted by atomic mass is 9.85. The molecule has 0 aliphatic rings. The molecular weight excluding hydrogens is 593 g/mol. The van der Waals surface area contributed by atoms with Gasteiger partial charge in [0.1, 0.15) is 11.2 Å². The largest absolute Gasteiger partial charge is 0.456 e. The van der Waals surface area contributed by atoms with E-state index in [0.717, 1.165) is 6.07 Å². The molecule has 0 aliphatic carbocycles. The van der Waals surface area contributed by atoms with Gasteiger partial charge in [0.2, 0.25) is 0 Å². The molecule has 1 heterocycles. The summed E-state index contributed by atoms with van der Waals surface area (Å²) in [6.45, 7) is 0. The van der Waals surface area contributed by atoms with Gasteiger partial charge >= 0.3 is 0 Å². The number of furan rings is 1. The van der Waals surface area contributed by atoms with E-state index in [4.69, 9.17) is 30.5 Å².